The van der Waals surface area contributed by atoms with Gasteiger partial charge in [0.1, 0.15) is 0 Å². The van der Waals surface area contributed by atoms with Gasteiger partial charge in [-0.1, -0.05) is 42.0 Å². The minimum atomic E-state index is -0.461. The molecule has 2 heteroatoms. The zero-order chi connectivity index (χ0) is 15.4. The fraction of sp³-hybridized carbons (Fsp3) is 0.368. The van der Waals surface area contributed by atoms with E-state index in [0.717, 1.165) is 12.1 Å². The lowest BCUT2D eigenvalue weighted by Gasteiger charge is -2.14. The summed E-state index contributed by atoms with van der Waals surface area (Å²) in [6, 6.07) is 12.5. The third-order valence-corrected chi connectivity index (χ3v) is 4.07. The van der Waals surface area contributed by atoms with Crippen molar-refractivity contribution in [1.82, 2.24) is 5.32 Å². The summed E-state index contributed by atoms with van der Waals surface area (Å²) in [5.74, 6) is 0. The molecule has 0 aliphatic heterocycles. The predicted octanol–water partition coefficient (Wildman–Crippen LogP) is 3.74. The molecule has 21 heavy (non-hydrogen) atoms. The molecule has 2 aromatic carbocycles. The number of aliphatic hydroxyl groups excluding tert-OH is 1. The van der Waals surface area contributed by atoms with Crippen molar-refractivity contribution < 1.29 is 5.11 Å². The summed E-state index contributed by atoms with van der Waals surface area (Å²) in [5, 5.41) is 13.5. The van der Waals surface area contributed by atoms with Crippen molar-refractivity contribution in [1.29, 1.82) is 0 Å². The summed E-state index contributed by atoms with van der Waals surface area (Å²) < 4.78 is 0. The van der Waals surface area contributed by atoms with Crippen LogP contribution in [-0.2, 0) is 6.54 Å². The van der Waals surface area contributed by atoms with Gasteiger partial charge >= 0.3 is 0 Å². The van der Waals surface area contributed by atoms with Crippen molar-refractivity contribution in [2.45, 2.75) is 40.3 Å². The zero-order valence-electron chi connectivity index (χ0n) is 13.4. The van der Waals surface area contributed by atoms with E-state index in [2.05, 4.69) is 45.1 Å². The van der Waals surface area contributed by atoms with Gasteiger partial charge in [-0.2, -0.15) is 0 Å². The van der Waals surface area contributed by atoms with Gasteiger partial charge in [-0.05, 0) is 55.5 Å². The van der Waals surface area contributed by atoms with Gasteiger partial charge in [-0.15, -0.1) is 0 Å². The van der Waals surface area contributed by atoms with Gasteiger partial charge in [0.15, 0.2) is 0 Å². The standard InChI is InChI=1S/C19H25NO/c1-13-5-7-17(8-6-13)19(21)12-20-11-18-10-15(3)14(2)9-16(18)4/h5-10,19-21H,11-12H2,1-4H3/t19-/m0/s1. The first-order chi connectivity index (χ1) is 9.97. The Kier molecular flexibility index (Phi) is 5.16. The lowest BCUT2D eigenvalue weighted by molar-refractivity contribution is 0.174. The lowest BCUT2D eigenvalue weighted by atomic mass is 10.0. The first kappa shape index (κ1) is 15.7. The summed E-state index contributed by atoms with van der Waals surface area (Å²) in [7, 11) is 0. The number of aryl methyl sites for hydroxylation is 4. The molecule has 0 unspecified atom stereocenters. The van der Waals surface area contributed by atoms with Gasteiger partial charge in [0.05, 0.1) is 6.10 Å². The Morgan fingerprint density at radius 1 is 0.905 bits per heavy atom. The van der Waals surface area contributed by atoms with E-state index >= 15 is 0 Å². The molecule has 0 aromatic heterocycles. The van der Waals surface area contributed by atoms with Crippen LogP contribution >= 0.6 is 0 Å². The van der Waals surface area contributed by atoms with E-state index in [1.165, 1.54) is 27.8 Å². The van der Waals surface area contributed by atoms with E-state index in [4.69, 9.17) is 0 Å². The van der Waals surface area contributed by atoms with Crippen LogP contribution in [0.15, 0.2) is 36.4 Å². The predicted molar refractivity (Wildman–Crippen MR) is 88.5 cm³/mol. The molecular formula is C19H25NO. The molecule has 2 N–H and O–H groups in total. The molecule has 0 bridgehead atoms. The van der Waals surface area contributed by atoms with Gasteiger partial charge in [0.2, 0.25) is 0 Å². The fourth-order valence-corrected chi connectivity index (χ4v) is 2.46. The Hall–Kier alpha value is -1.64. The Morgan fingerprint density at radius 2 is 1.52 bits per heavy atom. The van der Waals surface area contributed by atoms with Crippen LogP contribution in [0.1, 0.15) is 39.5 Å². The van der Waals surface area contributed by atoms with E-state index in [9.17, 15) is 5.11 Å². The van der Waals surface area contributed by atoms with Crippen molar-refractivity contribution >= 4 is 0 Å². The second-order valence-electron chi connectivity index (χ2n) is 5.92. The molecule has 0 aliphatic carbocycles. The normalized spacial score (nSPS) is 12.4. The molecule has 0 saturated carbocycles. The highest BCUT2D eigenvalue weighted by Gasteiger charge is 2.07. The molecule has 112 valence electrons. The molecule has 0 aliphatic rings. The number of aliphatic hydroxyl groups is 1. The molecular weight excluding hydrogens is 258 g/mol. The first-order valence-electron chi connectivity index (χ1n) is 7.49. The van der Waals surface area contributed by atoms with E-state index in [1.54, 1.807) is 0 Å². The maximum atomic E-state index is 10.2. The van der Waals surface area contributed by atoms with Crippen molar-refractivity contribution in [3.05, 3.63) is 69.8 Å². The van der Waals surface area contributed by atoms with Gasteiger partial charge in [-0.25, -0.2) is 0 Å². The summed E-state index contributed by atoms with van der Waals surface area (Å²) in [6.45, 7) is 9.82. The molecule has 0 amide bonds. The average molecular weight is 283 g/mol. The highest BCUT2D eigenvalue weighted by atomic mass is 16.3. The van der Waals surface area contributed by atoms with Crippen molar-refractivity contribution in [3.63, 3.8) is 0 Å². The van der Waals surface area contributed by atoms with Crippen LogP contribution in [0.25, 0.3) is 0 Å². The molecule has 1 atom stereocenters. The zero-order valence-corrected chi connectivity index (χ0v) is 13.4. The lowest BCUT2D eigenvalue weighted by Crippen LogP contribution is -2.21. The van der Waals surface area contributed by atoms with Crippen molar-refractivity contribution in [2.24, 2.45) is 0 Å². The minimum Gasteiger partial charge on any atom is -0.387 e. The first-order valence-corrected chi connectivity index (χ1v) is 7.49. The van der Waals surface area contributed by atoms with Gasteiger partial charge in [0.25, 0.3) is 0 Å². The quantitative estimate of drug-likeness (QED) is 0.876. The molecule has 2 aromatic rings. The highest BCUT2D eigenvalue weighted by molar-refractivity contribution is 5.36. The maximum Gasteiger partial charge on any atom is 0.0914 e. The van der Waals surface area contributed by atoms with E-state index in [-0.39, 0.29) is 0 Å². The second-order valence-corrected chi connectivity index (χ2v) is 5.92. The molecule has 0 radical (unpaired) electrons. The van der Waals surface area contributed by atoms with Crippen LogP contribution in [0.4, 0.5) is 0 Å². The third-order valence-electron chi connectivity index (χ3n) is 4.07. The third kappa shape index (κ3) is 4.16. The smallest absolute Gasteiger partial charge is 0.0914 e. The average Bonchev–Trinajstić information content (AvgIpc) is 2.45. The highest BCUT2D eigenvalue weighted by Crippen LogP contribution is 2.16. The van der Waals surface area contributed by atoms with Crippen LogP contribution in [-0.4, -0.2) is 11.7 Å². The summed E-state index contributed by atoms with van der Waals surface area (Å²) in [5.41, 5.74) is 7.42. The topological polar surface area (TPSA) is 32.3 Å². The minimum absolute atomic E-state index is 0.461. The Labute approximate surface area is 127 Å². The summed E-state index contributed by atoms with van der Waals surface area (Å²) in [4.78, 5) is 0. The SMILES string of the molecule is Cc1ccc([C@@H](O)CNCc2cc(C)c(C)cc2C)cc1. The maximum absolute atomic E-state index is 10.2. The number of hydrogen-bond donors (Lipinski definition) is 2. The molecule has 0 heterocycles. The summed E-state index contributed by atoms with van der Waals surface area (Å²) in [6.07, 6.45) is -0.461. The van der Waals surface area contributed by atoms with Crippen LogP contribution in [0.2, 0.25) is 0 Å². The molecule has 0 fully saturated rings. The van der Waals surface area contributed by atoms with E-state index in [1.807, 2.05) is 24.3 Å². The van der Waals surface area contributed by atoms with Crippen LogP contribution in [0, 0.1) is 27.7 Å². The van der Waals surface area contributed by atoms with Crippen LogP contribution in [0.5, 0.6) is 0 Å². The number of rotatable bonds is 5. The Morgan fingerprint density at radius 3 is 2.19 bits per heavy atom. The Bertz CT molecular complexity index is 602. The monoisotopic (exact) mass is 283 g/mol. The van der Waals surface area contributed by atoms with Crippen molar-refractivity contribution in [2.75, 3.05) is 6.54 Å². The van der Waals surface area contributed by atoms with Gasteiger partial charge < -0.3 is 10.4 Å². The molecule has 0 spiro atoms. The van der Waals surface area contributed by atoms with Gasteiger partial charge in [0, 0.05) is 13.1 Å². The molecule has 2 nitrogen and oxygen atoms in total. The molecule has 0 saturated heterocycles. The van der Waals surface area contributed by atoms with Crippen LogP contribution < -0.4 is 5.32 Å². The van der Waals surface area contributed by atoms with E-state index < -0.39 is 6.10 Å². The molecule has 2 rings (SSSR count). The largest absolute Gasteiger partial charge is 0.387 e. The van der Waals surface area contributed by atoms with E-state index in [0.29, 0.717) is 6.54 Å². The number of nitrogens with one attached hydrogen (secondary N) is 1. The fourth-order valence-electron chi connectivity index (χ4n) is 2.46. The Balaban J connectivity index is 1.92. The second kappa shape index (κ2) is 6.88. The van der Waals surface area contributed by atoms with Crippen LogP contribution in [0.3, 0.4) is 0 Å². The summed E-state index contributed by atoms with van der Waals surface area (Å²) >= 11 is 0. The van der Waals surface area contributed by atoms with Gasteiger partial charge in [-0.3, -0.25) is 0 Å². The van der Waals surface area contributed by atoms with Crippen molar-refractivity contribution in [3.8, 4) is 0 Å². The number of benzene rings is 2. The number of hydrogen-bond acceptors (Lipinski definition) is 2.